The Morgan fingerprint density at radius 1 is 1.60 bits per heavy atom. The predicted molar refractivity (Wildman–Crippen MR) is 65.6 cm³/mol. The Kier molecular flexibility index (Phi) is 7.44. The fourth-order valence-corrected chi connectivity index (χ4v) is 2.81. The van der Waals surface area contributed by atoms with Crippen molar-refractivity contribution in [3.05, 3.63) is 0 Å². The second-order valence-electron chi connectivity index (χ2n) is 3.78. The van der Waals surface area contributed by atoms with E-state index in [9.17, 15) is 0 Å². The van der Waals surface area contributed by atoms with Crippen LogP contribution in [0.3, 0.4) is 0 Å². The van der Waals surface area contributed by atoms with Gasteiger partial charge in [0.25, 0.3) is 0 Å². The fraction of sp³-hybridized carbons (Fsp3) is 1.00. The molecular formula is C11H23NO2S. The molecular weight excluding hydrogens is 210 g/mol. The number of thioether (sulfide) groups is 1. The highest BCUT2D eigenvalue weighted by atomic mass is 32.2. The number of likely N-dealkylation sites (N-methyl/N-ethyl adjacent to an activating group) is 1. The van der Waals surface area contributed by atoms with Crippen LogP contribution < -0.4 is 5.32 Å². The maximum Gasteiger partial charge on any atom is 0.0818 e. The molecule has 1 aliphatic heterocycles. The van der Waals surface area contributed by atoms with Crippen molar-refractivity contribution >= 4 is 11.8 Å². The minimum absolute atomic E-state index is 0.389. The summed E-state index contributed by atoms with van der Waals surface area (Å²) in [7, 11) is 1.76. The average molecular weight is 233 g/mol. The van der Waals surface area contributed by atoms with Gasteiger partial charge < -0.3 is 14.8 Å². The van der Waals surface area contributed by atoms with Gasteiger partial charge in [-0.15, -0.1) is 0 Å². The lowest BCUT2D eigenvalue weighted by Crippen LogP contribution is -2.44. The van der Waals surface area contributed by atoms with Crippen molar-refractivity contribution in [3.63, 3.8) is 0 Å². The second-order valence-corrected chi connectivity index (χ2v) is 4.93. The molecule has 2 atom stereocenters. The van der Waals surface area contributed by atoms with Crippen LogP contribution in [-0.2, 0) is 9.47 Å². The molecule has 90 valence electrons. The first-order valence-corrected chi connectivity index (χ1v) is 6.95. The summed E-state index contributed by atoms with van der Waals surface area (Å²) in [5.41, 5.74) is 0. The lowest BCUT2D eigenvalue weighted by molar-refractivity contribution is 0.0425. The molecule has 1 rings (SSSR count). The number of hydrogen-bond donors (Lipinski definition) is 1. The molecule has 1 heterocycles. The van der Waals surface area contributed by atoms with Crippen LogP contribution in [0.25, 0.3) is 0 Å². The van der Waals surface area contributed by atoms with Gasteiger partial charge in [-0.2, -0.15) is 11.8 Å². The maximum absolute atomic E-state index is 5.80. The Morgan fingerprint density at radius 3 is 3.07 bits per heavy atom. The SMILES string of the molecule is CCNC(CCCOC)C1CSCCO1. The topological polar surface area (TPSA) is 30.5 Å². The number of ether oxygens (including phenoxy) is 2. The highest BCUT2D eigenvalue weighted by molar-refractivity contribution is 7.99. The van der Waals surface area contributed by atoms with Gasteiger partial charge in [0.05, 0.1) is 12.7 Å². The Labute approximate surface area is 97.3 Å². The number of hydrogen-bond acceptors (Lipinski definition) is 4. The van der Waals surface area contributed by atoms with Gasteiger partial charge in [-0.25, -0.2) is 0 Å². The zero-order chi connectivity index (χ0) is 10.9. The third-order valence-electron chi connectivity index (χ3n) is 2.62. The summed E-state index contributed by atoms with van der Waals surface area (Å²) in [6.45, 7) is 4.92. The first-order chi connectivity index (χ1) is 7.38. The number of rotatable bonds is 7. The monoisotopic (exact) mass is 233 g/mol. The third kappa shape index (κ3) is 5.20. The molecule has 3 nitrogen and oxygen atoms in total. The fourth-order valence-electron chi connectivity index (χ4n) is 1.87. The zero-order valence-electron chi connectivity index (χ0n) is 9.83. The quantitative estimate of drug-likeness (QED) is 0.676. The van der Waals surface area contributed by atoms with E-state index < -0.39 is 0 Å². The molecule has 0 aromatic carbocycles. The molecule has 0 aromatic heterocycles. The molecule has 1 N–H and O–H groups in total. The lowest BCUT2D eigenvalue weighted by Gasteiger charge is -2.30. The average Bonchev–Trinajstić information content (AvgIpc) is 2.29. The van der Waals surface area contributed by atoms with E-state index in [4.69, 9.17) is 9.47 Å². The van der Waals surface area contributed by atoms with E-state index in [1.165, 1.54) is 0 Å². The molecule has 1 fully saturated rings. The van der Waals surface area contributed by atoms with Gasteiger partial charge in [-0.05, 0) is 19.4 Å². The van der Waals surface area contributed by atoms with E-state index in [1.807, 2.05) is 11.8 Å². The minimum atomic E-state index is 0.389. The van der Waals surface area contributed by atoms with Crippen LogP contribution in [0.15, 0.2) is 0 Å². The summed E-state index contributed by atoms with van der Waals surface area (Å²) in [5.74, 6) is 2.28. The summed E-state index contributed by atoms with van der Waals surface area (Å²) >= 11 is 2.00. The normalized spacial score (nSPS) is 24.0. The van der Waals surface area contributed by atoms with E-state index in [0.717, 1.165) is 44.1 Å². The molecule has 2 unspecified atom stereocenters. The van der Waals surface area contributed by atoms with E-state index in [1.54, 1.807) is 7.11 Å². The molecule has 0 spiro atoms. The molecule has 0 saturated carbocycles. The second kappa shape index (κ2) is 8.39. The van der Waals surface area contributed by atoms with Crippen molar-refractivity contribution < 1.29 is 9.47 Å². The molecule has 0 aliphatic carbocycles. The molecule has 0 aromatic rings. The van der Waals surface area contributed by atoms with Gasteiger partial charge in [-0.1, -0.05) is 6.92 Å². The molecule has 1 saturated heterocycles. The standard InChI is InChI=1S/C11H23NO2S/c1-3-12-10(5-4-6-13-2)11-9-15-8-7-14-11/h10-12H,3-9H2,1-2H3. The van der Waals surface area contributed by atoms with Gasteiger partial charge >= 0.3 is 0 Å². The molecule has 1 aliphatic rings. The van der Waals surface area contributed by atoms with Crippen LogP contribution in [0, 0.1) is 0 Å². The van der Waals surface area contributed by atoms with Crippen LogP contribution in [0.5, 0.6) is 0 Å². The Morgan fingerprint density at radius 2 is 2.47 bits per heavy atom. The van der Waals surface area contributed by atoms with Crippen LogP contribution in [0.1, 0.15) is 19.8 Å². The maximum atomic E-state index is 5.80. The van der Waals surface area contributed by atoms with Crippen molar-refractivity contribution in [2.45, 2.75) is 31.9 Å². The van der Waals surface area contributed by atoms with Gasteiger partial charge in [-0.3, -0.25) is 0 Å². The first-order valence-electron chi connectivity index (χ1n) is 5.80. The van der Waals surface area contributed by atoms with Crippen LogP contribution in [0.4, 0.5) is 0 Å². The summed E-state index contributed by atoms with van der Waals surface area (Å²) in [4.78, 5) is 0. The summed E-state index contributed by atoms with van der Waals surface area (Å²) in [6.07, 6.45) is 2.64. The summed E-state index contributed by atoms with van der Waals surface area (Å²) in [6, 6.07) is 0.498. The molecule has 15 heavy (non-hydrogen) atoms. The van der Waals surface area contributed by atoms with Crippen LogP contribution in [0.2, 0.25) is 0 Å². The Bertz CT molecular complexity index is 152. The van der Waals surface area contributed by atoms with Crippen molar-refractivity contribution in [1.82, 2.24) is 5.32 Å². The van der Waals surface area contributed by atoms with Gasteiger partial charge in [0, 0.05) is 31.3 Å². The third-order valence-corrected chi connectivity index (χ3v) is 3.64. The van der Waals surface area contributed by atoms with E-state index in [2.05, 4.69) is 12.2 Å². The summed E-state index contributed by atoms with van der Waals surface area (Å²) in [5, 5.41) is 3.52. The Balaban J connectivity index is 2.26. The van der Waals surface area contributed by atoms with E-state index in [0.29, 0.717) is 12.1 Å². The van der Waals surface area contributed by atoms with Crippen LogP contribution in [-0.4, -0.2) is 50.5 Å². The van der Waals surface area contributed by atoms with E-state index in [-0.39, 0.29) is 0 Å². The van der Waals surface area contributed by atoms with Crippen LogP contribution >= 0.6 is 11.8 Å². The zero-order valence-corrected chi connectivity index (χ0v) is 10.6. The predicted octanol–water partition coefficient (Wildman–Crippen LogP) is 1.52. The molecule has 0 radical (unpaired) electrons. The van der Waals surface area contributed by atoms with Gasteiger partial charge in [0.15, 0.2) is 0 Å². The number of methoxy groups -OCH3 is 1. The van der Waals surface area contributed by atoms with Crippen molar-refractivity contribution in [2.75, 3.05) is 38.4 Å². The largest absolute Gasteiger partial charge is 0.385 e. The lowest BCUT2D eigenvalue weighted by atomic mass is 10.1. The minimum Gasteiger partial charge on any atom is -0.385 e. The van der Waals surface area contributed by atoms with E-state index >= 15 is 0 Å². The van der Waals surface area contributed by atoms with Gasteiger partial charge in [0.2, 0.25) is 0 Å². The first kappa shape index (κ1) is 13.3. The molecule has 0 bridgehead atoms. The van der Waals surface area contributed by atoms with Crippen molar-refractivity contribution in [2.24, 2.45) is 0 Å². The molecule has 0 amide bonds. The summed E-state index contributed by atoms with van der Waals surface area (Å²) < 4.78 is 10.9. The Hall–Kier alpha value is 0.230. The van der Waals surface area contributed by atoms with Gasteiger partial charge in [0.1, 0.15) is 0 Å². The van der Waals surface area contributed by atoms with Crippen molar-refractivity contribution in [3.8, 4) is 0 Å². The highest BCUT2D eigenvalue weighted by Crippen LogP contribution is 2.18. The van der Waals surface area contributed by atoms with Crippen molar-refractivity contribution in [1.29, 1.82) is 0 Å². The number of nitrogens with one attached hydrogen (secondary N) is 1. The molecule has 4 heteroatoms. The highest BCUT2D eigenvalue weighted by Gasteiger charge is 2.23. The smallest absolute Gasteiger partial charge is 0.0818 e.